The Morgan fingerprint density at radius 1 is 1.24 bits per heavy atom. The lowest BCUT2D eigenvalue weighted by Gasteiger charge is -2.26. The summed E-state index contributed by atoms with van der Waals surface area (Å²) in [4.78, 5) is 14.4. The third-order valence-corrected chi connectivity index (χ3v) is 6.31. The fourth-order valence-corrected chi connectivity index (χ4v) is 5.11. The SMILES string of the molecule is c1nc2c3c4c(sc3nc(NCCCN3CCOCC3)n2n1)CCC4. The van der Waals surface area contributed by atoms with E-state index >= 15 is 0 Å². The summed E-state index contributed by atoms with van der Waals surface area (Å²) in [5.41, 5.74) is 2.39. The van der Waals surface area contributed by atoms with E-state index < -0.39 is 0 Å². The molecule has 0 saturated carbocycles. The zero-order valence-corrected chi connectivity index (χ0v) is 15.0. The first-order valence-corrected chi connectivity index (χ1v) is 9.90. The molecule has 1 aliphatic heterocycles. The van der Waals surface area contributed by atoms with Crippen molar-refractivity contribution >= 4 is 33.1 Å². The van der Waals surface area contributed by atoms with Crippen molar-refractivity contribution in [3.63, 3.8) is 0 Å². The molecule has 1 aliphatic carbocycles. The lowest BCUT2D eigenvalue weighted by Crippen LogP contribution is -2.37. The molecular formula is C17H22N6OS. The van der Waals surface area contributed by atoms with Crippen LogP contribution in [0.3, 0.4) is 0 Å². The van der Waals surface area contributed by atoms with Crippen LogP contribution >= 0.6 is 11.3 Å². The van der Waals surface area contributed by atoms with Gasteiger partial charge in [0.15, 0.2) is 5.65 Å². The minimum atomic E-state index is 0.807. The molecule has 1 saturated heterocycles. The minimum Gasteiger partial charge on any atom is -0.379 e. The molecule has 0 atom stereocenters. The second-order valence-corrected chi connectivity index (χ2v) is 7.79. The number of morpholine rings is 1. The smallest absolute Gasteiger partial charge is 0.227 e. The number of fused-ring (bicyclic) bond motifs is 5. The summed E-state index contributed by atoms with van der Waals surface area (Å²) in [7, 11) is 0. The fraction of sp³-hybridized carbons (Fsp3) is 0.588. The van der Waals surface area contributed by atoms with Crippen LogP contribution < -0.4 is 5.32 Å². The Bertz CT molecular complexity index is 897. The number of nitrogens with one attached hydrogen (secondary N) is 1. The molecule has 3 aromatic heterocycles. The molecule has 8 heteroatoms. The third kappa shape index (κ3) is 2.78. The predicted molar refractivity (Wildman–Crippen MR) is 98.6 cm³/mol. The van der Waals surface area contributed by atoms with Crippen LogP contribution in [0.2, 0.25) is 0 Å². The van der Waals surface area contributed by atoms with E-state index in [2.05, 4.69) is 20.3 Å². The number of hydrogen-bond donors (Lipinski definition) is 1. The molecule has 2 aliphatic rings. The number of rotatable bonds is 5. The van der Waals surface area contributed by atoms with E-state index in [1.807, 2.05) is 15.9 Å². The van der Waals surface area contributed by atoms with Gasteiger partial charge in [-0.1, -0.05) is 0 Å². The van der Waals surface area contributed by atoms with Gasteiger partial charge in [-0.15, -0.1) is 11.3 Å². The third-order valence-electron chi connectivity index (χ3n) is 5.12. The highest BCUT2D eigenvalue weighted by Gasteiger charge is 2.22. The van der Waals surface area contributed by atoms with Crippen LogP contribution in [0.4, 0.5) is 5.95 Å². The number of ether oxygens (including phenoxy) is 1. The first-order valence-electron chi connectivity index (χ1n) is 9.08. The standard InChI is InChI=1S/C17H22N6OS/c1-3-12-13(4-1)25-16-14(12)15-19-11-20-23(15)17(21-16)18-5-2-6-22-7-9-24-10-8-22/h11H,1-10H2,(H,18,21). The average molecular weight is 358 g/mol. The molecule has 25 heavy (non-hydrogen) atoms. The summed E-state index contributed by atoms with van der Waals surface area (Å²) in [6, 6.07) is 0. The summed E-state index contributed by atoms with van der Waals surface area (Å²) in [5, 5.41) is 9.09. The summed E-state index contributed by atoms with van der Waals surface area (Å²) < 4.78 is 7.26. The Kier molecular flexibility index (Phi) is 4.03. The monoisotopic (exact) mass is 358 g/mol. The molecule has 0 aromatic carbocycles. The number of nitrogens with zero attached hydrogens (tertiary/aromatic N) is 5. The van der Waals surface area contributed by atoms with Gasteiger partial charge >= 0.3 is 0 Å². The molecular weight excluding hydrogens is 336 g/mol. The number of hydrogen-bond acceptors (Lipinski definition) is 7. The van der Waals surface area contributed by atoms with Crippen LogP contribution in [0.5, 0.6) is 0 Å². The van der Waals surface area contributed by atoms with Crippen LogP contribution in [-0.2, 0) is 17.6 Å². The topological polar surface area (TPSA) is 67.6 Å². The lowest BCUT2D eigenvalue weighted by atomic mass is 10.2. The quantitative estimate of drug-likeness (QED) is 0.703. The van der Waals surface area contributed by atoms with Gasteiger partial charge in [0.05, 0.1) is 18.6 Å². The Morgan fingerprint density at radius 2 is 2.16 bits per heavy atom. The van der Waals surface area contributed by atoms with E-state index in [1.165, 1.54) is 28.7 Å². The van der Waals surface area contributed by atoms with E-state index in [-0.39, 0.29) is 0 Å². The molecule has 7 nitrogen and oxygen atoms in total. The minimum absolute atomic E-state index is 0.807. The highest BCUT2D eigenvalue weighted by molar-refractivity contribution is 7.19. The van der Waals surface area contributed by atoms with Gasteiger partial charge in [0.25, 0.3) is 0 Å². The first kappa shape index (κ1) is 15.5. The summed E-state index contributed by atoms with van der Waals surface area (Å²) in [6.07, 6.45) is 6.29. The highest BCUT2D eigenvalue weighted by atomic mass is 32.1. The van der Waals surface area contributed by atoms with Gasteiger partial charge in [-0.25, -0.2) is 9.97 Å². The van der Waals surface area contributed by atoms with Crippen molar-refractivity contribution in [1.29, 1.82) is 0 Å². The number of thiophene rings is 1. The molecule has 132 valence electrons. The molecule has 0 unspecified atom stereocenters. The molecule has 1 fully saturated rings. The molecule has 5 rings (SSSR count). The van der Waals surface area contributed by atoms with Gasteiger partial charge in [0.2, 0.25) is 5.95 Å². The second-order valence-electron chi connectivity index (χ2n) is 6.70. The Labute approximate surface area is 150 Å². The van der Waals surface area contributed by atoms with Gasteiger partial charge in [-0.05, 0) is 37.8 Å². The molecule has 1 N–H and O–H groups in total. The van der Waals surface area contributed by atoms with Crippen molar-refractivity contribution < 1.29 is 4.74 Å². The molecule has 0 radical (unpaired) electrons. The van der Waals surface area contributed by atoms with E-state index in [1.54, 1.807) is 6.33 Å². The van der Waals surface area contributed by atoms with Crippen molar-refractivity contribution in [3.05, 3.63) is 16.8 Å². The Balaban J connectivity index is 1.35. The van der Waals surface area contributed by atoms with Crippen molar-refractivity contribution in [2.75, 3.05) is 44.7 Å². The number of aromatic nitrogens is 4. The van der Waals surface area contributed by atoms with Crippen molar-refractivity contribution in [1.82, 2.24) is 24.5 Å². The Morgan fingerprint density at radius 3 is 3.08 bits per heavy atom. The van der Waals surface area contributed by atoms with Gasteiger partial charge in [-0.3, -0.25) is 4.90 Å². The average Bonchev–Trinajstić information content (AvgIpc) is 3.34. The van der Waals surface area contributed by atoms with E-state index in [4.69, 9.17) is 9.72 Å². The largest absolute Gasteiger partial charge is 0.379 e. The molecule has 0 spiro atoms. The molecule has 3 aromatic rings. The first-order chi connectivity index (χ1) is 12.4. The maximum atomic E-state index is 5.40. The normalized spacial score (nSPS) is 18.2. The van der Waals surface area contributed by atoms with Crippen LogP contribution in [-0.4, -0.2) is 63.9 Å². The molecule has 0 bridgehead atoms. The van der Waals surface area contributed by atoms with Crippen LogP contribution in [0.1, 0.15) is 23.3 Å². The van der Waals surface area contributed by atoms with Crippen LogP contribution in [0, 0.1) is 0 Å². The van der Waals surface area contributed by atoms with Gasteiger partial charge < -0.3 is 10.1 Å². The second kappa shape index (κ2) is 6.51. The Hall–Kier alpha value is -1.77. The van der Waals surface area contributed by atoms with Crippen molar-refractivity contribution in [3.8, 4) is 0 Å². The maximum absolute atomic E-state index is 5.40. The van der Waals surface area contributed by atoms with Gasteiger partial charge in [0, 0.05) is 24.5 Å². The predicted octanol–water partition coefficient (Wildman–Crippen LogP) is 1.96. The number of anilines is 1. The zero-order chi connectivity index (χ0) is 16.6. The van der Waals surface area contributed by atoms with Gasteiger partial charge in [0.1, 0.15) is 11.2 Å². The molecule has 4 heterocycles. The van der Waals surface area contributed by atoms with Gasteiger partial charge in [-0.2, -0.15) is 9.61 Å². The summed E-state index contributed by atoms with van der Waals surface area (Å²) in [6.45, 7) is 5.77. The van der Waals surface area contributed by atoms with Crippen molar-refractivity contribution in [2.24, 2.45) is 0 Å². The summed E-state index contributed by atoms with van der Waals surface area (Å²) in [5.74, 6) is 0.807. The zero-order valence-electron chi connectivity index (χ0n) is 14.2. The van der Waals surface area contributed by atoms with Crippen LogP contribution in [0.15, 0.2) is 6.33 Å². The van der Waals surface area contributed by atoms with E-state index in [9.17, 15) is 0 Å². The number of aryl methyl sites for hydroxylation is 2. The molecule has 0 amide bonds. The summed E-state index contributed by atoms with van der Waals surface area (Å²) >= 11 is 1.83. The maximum Gasteiger partial charge on any atom is 0.227 e. The van der Waals surface area contributed by atoms with Crippen LogP contribution in [0.25, 0.3) is 15.9 Å². The lowest BCUT2D eigenvalue weighted by molar-refractivity contribution is 0.0378. The fourth-order valence-electron chi connectivity index (χ4n) is 3.85. The van der Waals surface area contributed by atoms with E-state index in [0.29, 0.717) is 0 Å². The highest BCUT2D eigenvalue weighted by Crippen LogP contribution is 2.38. The van der Waals surface area contributed by atoms with E-state index in [0.717, 1.165) is 68.7 Å². The van der Waals surface area contributed by atoms with Crippen molar-refractivity contribution in [2.45, 2.75) is 25.7 Å².